The van der Waals surface area contributed by atoms with Crippen molar-refractivity contribution in [3.8, 4) is 28.5 Å². The molecule has 2 heterocycles. The van der Waals surface area contributed by atoms with Gasteiger partial charge in [0.25, 0.3) is 5.91 Å². The number of aryl methyl sites for hydroxylation is 2. The lowest BCUT2D eigenvalue weighted by atomic mass is 9.93. The Morgan fingerprint density at radius 3 is 2.47 bits per heavy atom. The van der Waals surface area contributed by atoms with E-state index in [0.29, 0.717) is 58.8 Å². The van der Waals surface area contributed by atoms with Gasteiger partial charge < -0.3 is 19.5 Å². The molecule has 0 fully saturated rings. The lowest BCUT2D eigenvalue weighted by molar-refractivity contribution is 0.0730. The number of amides is 1. The third-order valence-electron chi connectivity index (χ3n) is 6.74. The number of hydrogen-bond donors (Lipinski definition) is 2. The van der Waals surface area contributed by atoms with Crippen LogP contribution in [0.4, 0.5) is 0 Å². The summed E-state index contributed by atoms with van der Waals surface area (Å²) in [7, 11) is 0. The number of aromatic nitrogens is 2. The van der Waals surface area contributed by atoms with Gasteiger partial charge in [0.2, 0.25) is 0 Å². The normalized spacial score (nSPS) is 14.6. The van der Waals surface area contributed by atoms with Crippen LogP contribution in [0.25, 0.3) is 11.3 Å². The first kappa shape index (κ1) is 25.7. The number of carbonyl (C=O) groups excluding carboxylic acids is 1. The molecule has 196 valence electrons. The van der Waals surface area contributed by atoms with Gasteiger partial charge in [-0.25, -0.2) is 0 Å². The standard InChI is InChI=1S/C30H30ClN3O4/c1-5-37-23-12-11-19(15-24(23)38-6-2)29-26-27(25-18(4)13-17(3)14-22(25)35)32-33-28(26)30(36)34(29)16-20-9-7-8-10-21(20)31/h7-15,29,35H,5-6,16H2,1-4H3,(H,32,33). The fourth-order valence-electron chi connectivity index (χ4n) is 5.20. The summed E-state index contributed by atoms with van der Waals surface area (Å²) in [4.78, 5) is 15.6. The van der Waals surface area contributed by atoms with E-state index < -0.39 is 6.04 Å². The molecule has 38 heavy (non-hydrogen) atoms. The predicted molar refractivity (Wildman–Crippen MR) is 147 cm³/mol. The summed E-state index contributed by atoms with van der Waals surface area (Å²) >= 11 is 6.51. The third kappa shape index (κ3) is 4.47. The molecule has 1 unspecified atom stereocenters. The van der Waals surface area contributed by atoms with E-state index in [4.69, 9.17) is 21.1 Å². The maximum absolute atomic E-state index is 13.8. The quantitative estimate of drug-likeness (QED) is 0.267. The molecular weight excluding hydrogens is 502 g/mol. The molecule has 8 heteroatoms. The van der Waals surface area contributed by atoms with E-state index in [1.54, 1.807) is 11.0 Å². The Morgan fingerprint density at radius 2 is 1.76 bits per heavy atom. The molecule has 1 aromatic heterocycles. The maximum Gasteiger partial charge on any atom is 0.273 e. The zero-order valence-electron chi connectivity index (χ0n) is 21.8. The molecule has 1 atom stereocenters. The smallest absolute Gasteiger partial charge is 0.273 e. The molecule has 0 bridgehead atoms. The lowest BCUT2D eigenvalue weighted by Crippen LogP contribution is -2.29. The van der Waals surface area contributed by atoms with E-state index in [1.165, 1.54) is 0 Å². The minimum atomic E-state index is -0.502. The summed E-state index contributed by atoms with van der Waals surface area (Å²) in [5.74, 6) is 1.17. The number of fused-ring (bicyclic) bond motifs is 1. The number of rotatable bonds is 8. The number of phenols is 1. The zero-order chi connectivity index (χ0) is 27.0. The van der Waals surface area contributed by atoms with Gasteiger partial charge in [-0.15, -0.1) is 0 Å². The first-order valence-corrected chi connectivity index (χ1v) is 13.0. The van der Waals surface area contributed by atoms with Crippen LogP contribution in [-0.4, -0.2) is 39.3 Å². The highest BCUT2D eigenvalue weighted by Crippen LogP contribution is 2.47. The average molecular weight is 532 g/mol. The van der Waals surface area contributed by atoms with Gasteiger partial charge in [0.1, 0.15) is 17.1 Å². The van der Waals surface area contributed by atoms with Gasteiger partial charge in [0, 0.05) is 22.7 Å². The Labute approximate surface area is 227 Å². The molecule has 4 aromatic rings. The number of aromatic amines is 1. The summed E-state index contributed by atoms with van der Waals surface area (Å²) in [6, 6.07) is 16.4. The van der Waals surface area contributed by atoms with Crippen molar-refractivity contribution in [2.24, 2.45) is 0 Å². The van der Waals surface area contributed by atoms with Crippen LogP contribution in [0.15, 0.2) is 54.6 Å². The molecule has 1 aliphatic heterocycles. The van der Waals surface area contributed by atoms with E-state index in [2.05, 4.69) is 10.2 Å². The largest absolute Gasteiger partial charge is 0.507 e. The minimum Gasteiger partial charge on any atom is -0.507 e. The Bertz CT molecular complexity index is 1490. The van der Waals surface area contributed by atoms with Crippen molar-refractivity contribution in [3.63, 3.8) is 0 Å². The molecule has 1 aliphatic rings. The van der Waals surface area contributed by atoms with Crippen LogP contribution in [0.2, 0.25) is 5.02 Å². The van der Waals surface area contributed by atoms with Crippen molar-refractivity contribution in [3.05, 3.63) is 93.1 Å². The minimum absolute atomic E-state index is 0.120. The van der Waals surface area contributed by atoms with Crippen LogP contribution >= 0.6 is 11.6 Å². The highest BCUT2D eigenvalue weighted by molar-refractivity contribution is 6.31. The number of halogens is 1. The third-order valence-corrected chi connectivity index (χ3v) is 7.11. The molecule has 1 amide bonds. The van der Waals surface area contributed by atoms with E-state index >= 15 is 0 Å². The van der Waals surface area contributed by atoms with Crippen LogP contribution in [0.1, 0.15) is 58.2 Å². The number of nitrogens with zero attached hydrogens (tertiary/aromatic N) is 2. The van der Waals surface area contributed by atoms with Gasteiger partial charge in [-0.1, -0.05) is 41.9 Å². The first-order valence-electron chi connectivity index (χ1n) is 12.7. The number of carbonyl (C=O) groups is 1. The van der Waals surface area contributed by atoms with Crippen molar-refractivity contribution in [2.75, 3.05) is 13.2 Å². The number of ether oxygens (including phenoxy) is 2. The van der Waals surface area contributed by atoms with Crippen molar-refractivity contribution < 1.29 is 19.4 Å². The molecule has 0 saturated carbocycles. The number of nitrogens with one attached hydrogen (secondary N) is 1. The van der Waals surface area contributed by atoms with Gasteiger partial charge >= 0.3 is 0 Å². The molecular formula is C30H30ClN3O4. The van der Waals surface area contributed by atoms with Crippen LogP contribution < -0.4 is 9.47 Å². The predicted octanol–water partition coefficient (Wildman–Crippen LogP) is 6.60. The Kier molecular flexibility index (Phi) is 7.04. The topological polar surface area (TPSA) is 87.7 Å². The molecule has 3 aromatic carbocycles. The summed E-state index contributed by atoms with van der Waals surface area (Å²) < 4.78 is 11.7. The van der Waals surface area contributed by atoms with Crippen molar-refractivity contribution in [2.45, 2.75) is 40.3 Å². The Hall–Kier alpha value is -3.97. The maximum atomic E-state index is 13.8. The van der Waals surface area contributed by atoms with E-state index in [9.17, 15) is 9.90 Å². The lowest BCUT2D eigenvalue weighted by Gasteiger charge is -2.27. The monoisotopic (exact) mass is 531 g/mol. The number of H-pyrrole nitrogens is 1. The second kappa shape index (κ2) is 10.4. The van der Waals surface area contributed by atoms with Gasteiger partial charge in [-0.05, 0) is 74.2 Å². The number of hydrogen-bond acceptors (Lipinski definition) is 5. The molecule has 7 nitrogen and oxygen atoms in total. The highest BCUT2D eigenvalue weighted by atomic mass is 35.5. The Balaban J connectivity index is 1.71. The molecule has 0 saturated heterocycles. The van der Waals surface area contributed by atoms with Gasteiger partial charge in [0.15, 0.2) is 11.5 Å². The van der Waals surface area contributed by atoms with Crippen LogP contribution in [0.5, 0.6) is 17.2 Å². The second-order valence-corrected chi connectivity index (χ2v) is 9.74. The summed E-state index contributed by atoms with van der Waals surface area (Å²) in [5, 5.41) is 19.0. The van der Waals surface area contributed by atoms with Crippen LogP contribution in [0.3, 0.4) is 0 Å². The van der Waals surface area contributed by atoms with E-state index in [-0.39, 0.29) is 11.7 Å². The number of aromatic hydroxyl groups is 1. The van der Waals surface area contributed by atoms with Gasteiger partial charge in [0.05, 0.1) is 19.3 Å². The molecule has 5 rings (SSSR count). The van der Waals surface area contributed by atoms with Crippen LogP contribution in [0, 0.1) is 13.8 Å². The van der Waals surface area contributed by atoms with Gasteiger partial charge in [-0.3, -0.25) is 9.89 Å². The fourth-order valence-corrected chi connectivity index (χ4v) is 5.39. The summed E-state index contributed by atoms with van der Waals surface area (Å²) in [6.07, 6.45) is 0. The van der Waals surface area contributed by atoms with Crippen LogP contribution in [-0.2, 0) is 6.54 Å². The number of benzene rings is 3. The molecule has 0 spiro atoms. The van der Waals surface area contributed by atoms with Crippen molar-refractivity contribution in [1.82, 2.24) is 15.1 Å². The average Bonchev–Trinajstić information content (AvgIpc) is 3.40. The summed E-state index contributed by atoms with van der Waals surface area (Å²) in [6.45, 7) is 8.96. The molecule has 2 N–H and O–H groups in total. The highest BCUT2D eigenvalue weighted by Gasteiger charge is 2.43. The van der Waals surface area contributed by atoms with Crippen molar-refractivity contribution >= 4 is 17.5 Å². The summed E-state index contributed by atoms with van der Waals surface area (Å²) in [5.41, 5.74) is 5.72. The van der Waals surface area contributed by atoms with Crippen molar-refractivity contribution in [1.29, 1.82) is 0 Å². The molecule has 0 aliphatic carbocycles. The zero-order valence-corrected chi connectivity index (χ0v) is 22.6. The van der Waals surface area contributed by atoms with E-state index in [1.807, 2.05) is 76.2 Å². The van der Waals surface area contributed by atoms with E-state index in [0.717, 1.165) is 22.3 Å². The fraction of sp³-hybridized carbons (Fsp3) is 0.267. The Morgan fingerprint density at radius 1 is 1.03 bits per heavy atom. The molecule has 0 radical (unpaired) electrons. The number of phenolic OH excluding ortho intramolecular Hbond substituents is 1. The van der Waals surface area contributed by atoms with Gasteiger partial charge in [-0.2, -0.15) is 5.10 Å². The second-order valence-electron chi connectivity index (χ2n) is 9.34. The SMILES string of the molecule is CCOc1ccc(C2c3c(-c4c(C)cc(C)cc4O)n[nH]c3C(=O)N2Cc2ccccc2Cl)cc1OCC. The first-order chi connectivity index (χ1) is 18.3.